The summed E-state index contributed by atoms with van der Waals surface area (Å²) >= 11 is 1.49. The lowest BCUT2D eigenvalue weighted by atomic mass is 10.2. The number of hydrogen-bond donors (Lipinski definition) is 2. The highest BCUT2D eigenvalue weighted by atomic mass is 32.1. The molecule has 8 heteroatoms. The van der Waals surface area contributed by atoms with E-state index < -0.39 is 0 Å². The van der Waals surface area contributed by atoms with Crippen molar-refractivity contribution in [3.05, 3.63) is 71.5 Å². The van der Waals surface area contributed by atoms with Crippen LogP contribution in [0.25, 0.3) is 0 Å². The molecule has 0 saturated carbocycles. The molecule has 2 N–H and O–H groups in total. The number of hydrogen-bond acceptors (Lipinski definition) is 7. The SMILES string of the molecule is O=C(NCc1ccccc1)c1csc(N2CCNCC2COc2cccnc2)n1. The zero-order valence-corrected chi connectivity index (χ0v) is 16.8. The van der Waals surface area contributed by atoms with Crippen molar-refractivity contribution in [3.63, 3.8) is 0 Å². The van der Waals surface area contributed by atoms with Crippen LogP contribution < -0.4 is 20.3 Å². The minimum absolute atomic E-state index is 0.135. The van der Waals surface area contributed by atoms with Crippen molar-refractivity contribution in [2.24, 2.45) is 0 Å². The van der Waals surface area contributed by atoms with Gasteiger partial charge >= 0.3 is 0 Å². The smallest absolute Gasteiger partial charge is 0.271 e. The largest absolute Gasteiger partial charge is 0.490 e. The summed E-state index contributed by atoms with van der Waals surface area (Å²) in [6.07, 6.45) is 3.43. The fraction of sp³-hybridized carbons (Fsp3) is 0.286. The third-order valence-electron chi connectivity index (χ3n) is 4.69. The van der Waals surface area contributed by atoms with E-state index in [9.17, 15) is 4.79 Å². The van der Waals surface area contributed by atoms with Crippen molar-refractivity contribution < 1.29 is 9.53 Å². The van der Waals surface area contributed by atoms with Gasteiger partial charge in [0.15, 0.2) is 5.13 Å². The minimum atomic E-state index is -0.158. The van der Waals surface area contributed by atoms with Crippen LogP contribution in [0.1, 0.15) is 16.1 Å². The molecular formula is C21H23N5O2S. The number of anilines is 1. The molecule has 29 heavy (non-hydrogen) atoms. The Kier molecular flexibility index (Phi) is 6.33. The number of pyridine rings is 1. The number of carbonyl (C=O) groups is 1. The maximum absolute atomic E-state index is 12.5. The number of piperazine rings is 1. The summed E-state index contributed by atoms with van der Waals surface area (Å²) < 4.78 is 5.89. The highest BCUT2D eigenvalue weighted by Gasteiger charge is 2.26. The van der Waals surface area contributed by atoms with Gasteiger partial charge in [0.05, 0.1) is 12.2 Å². The molecule has 1 aromatic carbocycles. The van der Waals surface area contributed by atoms with E-state index in [1.807, 2.05) is 47.8 Å². The lowest BCUT2D eigenvalue weighted by molar-refractivity contribution is 0.0946. The van der Waals surface area contributed by atoms with Gasteiger partial charge in [-0.05, 0) is 17.7 Å². The number of rotatable bonds is 7. The molecule has 1 aliphatic rings. The van der Waals surface area contributed by atoms with Crippen LogP contribution >= 0.6 is 11.3 Å². The fourth-order valence-corrected chi connectivity index (χ4v) is 4.06. The molecule has 3 heterocycles. The van der Waals surface area contributed by atoms with Gasteiger partial charge in [0.1, 0.15) is 18.1 Å². The summed E-state index contributed by atoms with van der Waals surface area (Å²) in [5.41, 5.74) is 1.51. The number of thiazole rings is 1. The highest BCUT2D eigenvalue weighted by Crippen LogP contribution is 2.24. The maximum Gasteiger partial charge on any atom is 0.271 e. The quantitative estimate of drug-likeness (QED) is 0.624. The number of ether oxygens (including phenoxy) is 1. The van der Waals surface area contributed by atoms with Crippen LogP contribution in [0.5, 0.6) is 5.75 Å². The molecule has 0 aliphatic carbocycles. The average molecular weight is 410 g/mol. The number of benzene rings is 1. The molecule has 1 saturated heterocycles. The van der Waals surface area contributed by atoms with E-state index in [1.54, 1.807) is 12.4 Å². The van der Waals surface area contributed by atoms with Crippen LogP contribution in [0.3, 0.4) is 0 Å². The molecule has 1 atom stereocenters. The zero-order valence-electron chi connectivity index (χ0n) is 16.0. The number of nitrogens with zero attached hydrogens (tertiary/aromatic N) is 3. The van der Waals surface area contributed by atoms with Crippen molar-refractivity contribution in [2.75, 3.05) is 31.1 Å². The van der Waals surface area contributed by atoms with Crippen LogP contribution in [0, 0.1) is 0 Å². The fourth-order valence-electron chi connectivity index (χ4n) is 3.16. The Morgan fingerprint density at radius 3 is 3.00 bits per heavy atom. The predicted octanol–water partition coefficient (Wildman–Crippen LogP) is 2.33. The molecule has 1 amide bonds. The molecule has 1 aliphatic heterocycles. The topological polar surface area (TPSA) is 79.4 Å². The van der Waals surface area contributed by atoms with Crippen LogP contribution in [0.2, 0.25) is 0 Å². The Morgan fingerprint density at radius 2 is 2.17 bits per heavy atom. The van der Waals surface area contributed by atoms with Crippen molar-refractivity contribution in [3.8, 4) is 5.75 Å². The van der Waals surface area contributed by atoms with Crippen LogP contribution in [-0.2, 0) is 6.54 Å². The highest BCUT2D eigenvalue weighted by molar-refractivity contribution is 7.14. The molecule has 2 aromatic heterocycles. The van der Waals surface area contributed by atoms with Crippen LogP contribution in [0.4, 0.5) is 5.13 Å². The van der Waals surface area contributed by atoms with E-state index >= 15 is 0 Å². The second-order valence-electron chi connectivity index (χ2n) is 6.73. The van der Waals surface area contributed by atoms with Gasteiger partial charge in [0, 0.05) is 37.8 Å². The second-order valence-corrected chi connectivity index (χ2v) is 7.57. The second kappa shape index (κ2) is 9.49. The van der Waals surface area contributed by atoms with Crippen molar-refractivity contribution in [1.29, 1.82) is 0 Å². The molecule has 3 aromatic rings. The maximum atomic E-state index is 12.5. The Hall–Kier alpha value is -2.97. The van der Waals surface area contributed by atoms with Crippen molar-refractivity contribution >= 4 is 22.4 Å². The molecule has 1 fully saturated rings. The Labute approximate surface area is 173 Å². The van der Waals surface area contributed by atoms with Crippen molar-refractivity contribution in [2.45, 2.75) is 12.6 Å². The molecule has 7 nitrogen and oxygen atoms in total. The minimum Gasteiger partial charge on any atom is -0.490 e. The van der Waals surface area contributed by atoms with E-state index in [4.69, 9.17) is 4.74 Å². The van der Waals surface area contributed by atoms with Gasteiger partial charge in [0.25, 0.3) is 5.91 Å². The number of nitrogens with one attached hydrogen (secondary N) is 2. The van der Waals surface area contributed by atoms with E-state index in [0.717, 1.165) is 36.1 Å². The first kappa shape index (κ1) is 19.4. The molecular weight excluding hydrogens is 386 g/mol. The summed E-state index contributed by atoms with van der Waals surface area (Å²) in [5, 5.41) is 8.99. The number of carbonyl (C=O) groups excluding carboxylic acids is 1. The molecule has 150 valence electrons. The molecule has 0 spiro atoms. The third-order valence-corrected chi connectivity index (χ3v) is 5.57. The van der Waals surface area contributed by atoms with Crippen molar-refractivity contribution in [1.82, 2.24) is 20.6 Å². The van der Waals surface area contributed by atoms with Crippen LogP contribution in [0.15, 0.2) is 60.2 Å². The summed E-state index contributed by atoms with van der Waals surface area (Å²) in [4.78, 5) is 23.4. The standard InChI is InChI=1S/C21H23N5O2S/c27-20(24-11-16-5-2-1-3-6-16)19-15-29-21(25-19)26-10-9-23-12-17(26)14-28-18-7-4-8-22-13-18/h1-8,13,15,17,23H,9-12,14H2,(H,24,27). The first-order valence-corrected chi connectivity index (χ1v) is 10.5. The molecule has 1 unspecified atom stereocenters. The van der Waals surface area contributed by atoms with E-state index in [-0.39, 0.29) is 11.9 Å². The van der Waals surface area contributed by atoms with Crippen LogP contribution in [-0.4, -0.2) is 48.2 Å². The Bertz CT molecular complexity index is 919. The summed E-state index contributed by atoms with van der Waals surface area (Å²) in [6.45, 7) is 3.50. The zero-order chi connectivity index (χ0) is 19.9. The molecule has 4 rings (SSSR count). The van der Waals surface area contributed by atoms with Gasteiger partial charge in [0.2, 0.25) is 0 Å². The Morgan fingerprint density at radius 1 is 1.28 bits per heavy atom. The number of aromatic nitrogens is 2. The van der Waals surface area contributed by atoms with Gasteiger partial charge in [-0.15, -0.1) is 11.3 Å². The van der Waals surface area contributed by atoms with Gasteiger partial charge in [-0.25, -0.2) is 4.98 Å². The average Bonchev–Trinajstić information content (AvgIpc) is 3.28. The monoisotopic (exact) mass is 409 g/mol. The first-order chi connectivity index (χ1) is 14.3. The lowest BCUT2D eigenvalue weighted by Crippen LogP contribution is -2.54. The predicted molar refractivity (Wildman–Crippen MR) is 113 cm³/mol. The van der Waals surface area contributed by atoms with E-state index in [2.05, 4.69) is 25.5 Å². The Balaban J connectivity index is 1.37. The van der Waals surface area contributed by atoms with Gasteiger partial charge in [-0.1, -0.05) is 30.3 Å². The summed E-state index contributed by atoms with van der Waals surface area (Å²) in [7, 11) is 0. The van der Waals surface area contributed by atoms with Gasteiger partial charge < -0.3 is 20.3 Å². The lowest BCUT2D eigenvalue weighted by Gasteiger charge is -2.35. The number of amides is 1. The first-order valence-electron chi connectivity index (χ1n) is 9.57. The summed E-state index contributed by atoms with van der Waals surface area (Å²) in [6, 6.07) is 13.7. The third kappa shape index (κ3) is 5.10. The van der Waals surface area contributed by atoms with E-state index in [1.165, 1.54) is 11.3 Å². The normalized spacial score (nSPS) is 16.4. The van der Waals surface area contributed by atoms with E-state index in [0.29, 0.717) is 18.8 Å². The molecule has 0 bridgehead atoms. The van der Waals surface area contributed by atoms with Gasteiger partial charge in [-0.3, -0.25) is 9.78 Å². The molecule has 0 radical (unpaired) electrons. The van der Waals surface area contributed by atoms with Gasteiger partial charge in [-0.2, -0.15) is 0 Å². The summed E-state index contributed by atoms with van der Waals surface area (Å²) in [5.74, 6) is 0.591.